The van der Waals surface area contributed by atoms with Gasteiger partial charge in [-0.2, -0.15) is 0 Å². The van der Waals surface area contributed by atoms with Gasteiger partial charge in [0, 0.05) is 13.1 Å². The van der Waals surface area contributed by atoms with Crippen molar-refractivity contribution in [2.75, 3.05) is 13.1 Å². The molecule has 1 fully saturated rings. The number of rotatable bonds is 3. The van der Waals surface area contributed by atoms with Crippen molar-refractivity contribution < 1.29 is 14.7 Å². The lowest BCUT2D eigenvalue weighted by Gasteiger charge is -2.23. The highest BCUT2D eigenvalue weighted by atomic mass is 16.4. The third-order valence-corrected chi connectivity index (χ3v) is 3.19. The molecule has 1 aliphatic heterocycles. The number of nitrogens with two attached hydrogens (primary N) is 1. The minimum Gasteiger partial charge on any atom is -0.481 e. The molecule has 3 N–H and O–H groups in total. The average Bonchev–Trinajstić information content (AvgIpc) is 2.61. The van der Waals surface area contributed by atoms with Crippen LogP contribution in [0.4, 0.5) is 0 Å². The van der Waals surface area contributed by atoms with E-state index >= 15 is 0 Å². The number of aliphatic carboxylic acids is 1. The van der Waals surface area contributed by atoms with E-state index in [1.54, 1.807) is 11.8 Å². The third kappa shape index (κ3) is 2.12. The number of carbonyl (C=O) groups is 2. The first kappa shape index (κ1) is 12.0. The predicted molar refractivity (Wildman–Crippen MR) is 55.2 cm³/mol. The fourth-order valence-corrected chi connectivity index (χ4v) is 1.96. The van der Waals surface area contributed by atoms with Gasteiger partial charge in [0.15, 0.2) is 0 Å². The summed E-state index contributed by atoms with van der Waals surface area (Å²) in [7, 11) is 0. The maximum atomic E-state index is 11.6. The summed E-state index contributed by atoms with van der Waals surface area (Å²) in [6.07, 6.45) is 1.07. The van der Waals surface area contributed by atoms with Crippen molar-refractivity contribution in [3.63, 3.8) is 0 Å². The molecule has 0 aromatic carbocycles. The van der Waals surface area contributed by atoms with Gasteiger partial charge < -0.3 is 15.7 Å². The van der Waals surface area contributed by atoms with E-state index in [-0.39, 0.29) is 5.91 Å². The minimum absolute atomic E-state index is 0.161. The Morgan fingerprint density at radius 1 is 1.60 bits per heavy atom. The van der Waals surface area contributed by atoms with Crippen molar-refractivity contribution in [1.82, 2.24) is 4.90 Å². The van der Waals surface area contributed by atoms with Gasteiger partial charge in [0.05, 0.1) is 11.5 Å². The average molecular weight is 214 g/mol. The quantitative estimate of drug-likeness (QED) is 0.695. The van der Waals surface area contributed by atoms with E-state index in [1.807, 2.05) is 6.92 Å². The first-order valence-electron chi connectivity index (χ1n) is 5.21. The second-order valence-electron chi connectivity index (χ2n) is 4.24. The van der Waals surface area contributed by atoms with Crippen LogP contribution in [0.3, 0.4) is 0 Å². The number of hydrogen-bond donors (Lipinski definition) is 2. The summed E-state index contributed by atoms with van der Waals surface area (Å²) in [4.78, 5) is 24.3. The highest BCUT2D eigenvalue weighted by molar-refractivity contribution is 5.83. The lowest BCUT2D eigenvalue weighted by Crippen LogP contribution is -2.43. The van der Waals surface area contributed by atoms with Gasteiger partial charge in [-0.25, -0.2) is 0 Å². The summed E-state index contributed by atoms with van der Waals surface area (Å²) >= 11 is 0. The Labute approximate surface area is 89.2 Å². The van der Waals surface area contributed by atoms with E-state index in [0.717, 1.165) is 0 Å². The largest absolute Gasteiger partial charge is 0.481 e. The van der Waals surface area contributed by atoms with Gasteiger partial charge >= 0.3 is 5.97 Å². The molecule has 1 unspecified atom stereocenters. The number of carboxylic acid groups (broad SMARTS) is 1. The fraction of sp³-hybridized carbons (Fsp3) is 0.800. The Kier molecular flexibility index (Phi) is 3.34. The van der Waals surface area contributed by atoms with Crippen LogP contribution in [-0.2, 0) is 9.59 Å². The number of carbonyl (C=O) groups excluding carboxylic acids is 1. The van der Waals surface area contributed by atoms with E-state index in [0.29, 0.717) is 25.9 Å². The first-order chi connectivity index (χ1) is 6.93. The standard InChI is InChI=1S/C10H18N2O3/c1-3-10(9(14)15)4-5-12(6-10)8(13)7(2)11/h7H,3-6,11H2,1-2H3,(H,14,15)/t7-,10?/m0/s1. The fourth-order valence-electron chi connectivity index (χ4n) is 1.96. The van der Waals surface area contributed by atoms with Crippen molar-refractivity contribution in [2.24, 2.45) is 11.1 Å². The van der Waals surface area contributed by atoms with Gasteiger partial charge in [0.2, 0.25) is 5.91 Å². The number of hydrogen-bond acceptors (Lipinski definition) is 3. The van der Waals surface area contributed by atoms with Crippen molar-refractivity contribution in [3.05, 3.63) is 0 Å². The van der Waals surface area contributed by atoms with Crippen LogP contribution in [0.2, 0.25) is 0 Å². The molecule has 1 amide bonds. The molecule has 0 radical (unpaired) electrons. The molecule has 0 saturated carbocycles. The summed E-state index contributed by atoms with van der Waals surface area (Å²) in [5.74, 6) is -0.975. The molecule has 0 aliphatic carbocycles. The zero-order valence-corrected chi connectivity index (χ0v) is 9.19. The molecule has 5 heteroatoms. The SMILES string of the molecule is CCC1(C(=O)O)CCN(C(=O)[C@H](C)N)C1. The Hall–Kier alpha value is -1.10. The second kappa shape index (κ2) is 4.18. The van der Waals surface area contributed by atoms with Gasteiger partial charge in [-0.15, -0.1) is 0 Å². The molecule has 15 heavy (non-hydrogen) atoms. The zero-order valence-electron chi connectivity index (χ0n) is 9.19. The molecule has 86 valence electrons. The van der Waals surface area contributed by atoms with E-state index in [1.165, 1.54) is 0 Å². The third-order valence-electron chi connectivity index (χ3n) is 3.19. The van der Waals surface area contributed by atoms with Crippen LogP contribution in [0.1, 0.15) is 26.7 Å². The van der Waals surface area contributed by atoms with E-state index in [9.17, 15) is 9.59 Å². The lowest BCUT2D eigenvalue weighted by molar-refractivity contribution is -0.148. The number of amides is 1. The summed E-state index contributed by atoms with van der Waals surface area (Å²) in [5, 5.41) is 9.13. The minimum atomic E-state index is -0.815. The van der Waals surface area contributed by atoms with Gasteiger partial charge in [-0.3, -0.25) is 9.59 Å². The van der Waals surface area contributed by atoms with Crippen LogP contribution in [0.25, 0.3) is 0 Å². The van der Waals surface area contributed by atoms with Gasteiger partial charge in [0.25, 0.3) is 0 Å². The molecule has 0 aromatic heterocycles. The van der Waals surface area contributed by atoms with Crippen molar-refractivity contribution >= 4 is 11.9 Å². The monoisotopic (exact) mass is 214 g/mol. The van der Waals surface area contributed by atoms with Crippen LogP contribution >= 0.6 is 0 Å². The maximum absolute atomic E-state index is 11.6. The molecular formula is C10H18N2O3. The smallest absolute Gasteiger partial charge is 0.311 e. The Morgan fingerprint density at radius 3 is 2.53 bits per heavy atom. The van der Waals surface area contributed by atoms with Gasteiger partial charge in [0.1, 0.15) is 0 Å². The Morgan fingerprint density at radius 2 is 2.20 bits per heavy atom. The van der Waals surface area contributed by atoms with Crippen molar-refractivity contribution in [3.8, 4) is 0 Å². The molecule has 1 saturated heterocycles. The lowest BCUT2D eigenvalue weighted by atomic mass is 9.84. The van der Waals surface area contributed by atoms with Crippen LogP contribution in [-0.4, -0.2) is 41.0 Å². The summed E-state index contributed by atoms with van der Waals surface area (Å²) in [5.41, 5.74) is 4.72. The number of carboxylic acids is 1. The highest BCUT2D eigenvalue weighted by Gasteiger charge is 2.44. The van der Waals surface area contributed by atoms with E-state index in [2.05, 4.69) is 0 Å². The zero-order chi connectivity index (χ0) is 11.6. The molecule has 2 atom stereocenters. The van der Waals surface area contributed by atoms with Crippen molar-refractivity contribution in [2.45, 2.75) is 32.7 Å². The molecule has 5 nitrogen and oxygen atoms in total. The first-order valence-corrected chi connectivity index (χ1v) is 5.21. The Balaban J connectivity index is 2.73. The van der Waals surface area contributed by atoms with E-state index in [4.69, 9.17) is 10.8 Å². The van der Waals surface area contributed by atoms with Crippen LogP contribution in [0.5, 0.6) is 0 Å². The second-order valence-corrected chi connectivity index (χ2v) is 4.24. The molecule has 1 aliphatic rings. The van der Waals surface area contributed by atoms with Crippen LogP contribution in [0.15, 0.2) is 0 Å². The van der Waals surface area contributed by atoms with Crippen LogP contribution < -0.4 is 5.73 Å². The number of nitrogens with zero attached hydrogens (tertiary/aromatic N) is 1. The molecule has 0 spiro atoms. The summed E-state index contributed by atoms with van der Waals surface area (Å²) < 4.78 is 0. The highest BCUT2D eigenvalue weighted by Crippen LogP contribution is 2.34. The van der Waals surface area contributed by atoms with Gasteiger partial charge in [-0.1, -0.05) is 6.92 Å². The van der Waals surface area contributed by atoms with Crippen LogP contribution in [0, 0.1) is 5.41 Å². The summed E-state index contributed by atoms with van der Waals surface area (Å²) in [6.45, 7) is 4.25. The number of likely N-dealkylation sites (tertiary alicyclic amines) is 1. The van der Waals surface area contributed by atoms with E-state index < -0.39 is 17.4 Å². The molecule has 0 bridgehead atoms. The summed E-state index contributed by atoms with van der Waals surface area (Å²) in [6, 6.07) is -0.550. The molecule has 1 rings (SSSR count). The normalized spacial score (nSPS) is 27.8. The molecule has 1 heterocycles. The van der Waals surface area contributed by atoms with Gasteiger partial charge in [-0.05, 0) is 19.8 Å². The Bertz CT molecular complexity index is 278. The molecular weight excluding hydrogens is 196 g/mol. The molecule has 0 aromatic rings. The van der Waals surface area contributed by atoms with Crippen molar-refractivity contribution in [1.29, 1.82) is 0 Å². The predicted octanol–water partition coefficient (Wildman–Crippen LogP) is 0.0469. The maximum Gasteiger partial charge on any atom is 0.311 e. The topological polar surface area (TPSA) is 83.6 Å².